The molecular formula is C16H19ClN4O. The van der Waals surface area contributed by atoms with Crippen LogP contribution in [0.5, 0.6) is 0 Å². The normalized spacial score (nSPS) is 21.9. The molecule has 5 nitrogen and oxygen atoms in total. The van der Waals surface area contributed by atoms with Crippen LogP contribution in [0.2, 0.25) is 5.02 Å². The van der Waals surface area contributed by atoms with Crippen molar-refractivity contribution < 1.29 is 4.74 Å². The first kappa shape index (κ1) is 15.2. The molecule has 2 heterocycles. The molecule has 1 aromatic carbocycles. The lowest BCUT2D eigenvalue weighted by atomic mass is 10.1. The number of anilines is 1. The Kier molecular flexibility index (Phi) is 4.27. The van der Waals surface area contributed by atoms with E-state index < -0.39 is 0 Å². The van der Waals surface area contributed by atoms with Gasteiger partial charge in [0.2, 0.25) is 5.95 Å². The lowest BCUT2D eigenvalue weighted by Crippen LogP contribution is -2.46. The van der Waals surface area contributed by atoms with Crippen molar-refractivity contribution in [1.29, 1.82) is 0 Å². The molecule has 116 valence electrons. The van der Waals surface area contributed by atoms with Gasteiger partial charge in [0.1, 0.15) is 6.10 Å². The summed E-state index contributed by atoms with van der Waals surface area (Å²) in [7, 11) is 0. The number of nitrogens with zero attached hydrogens (tertiary/aromatic N) is 4. The van der Waals surface area contributed by atoms with E-state index >= 15 is 0 Å². The van der Waals surface area contributed by atoms with Crippen molar-refractivity contribution in [3.05, 3.63) is 46.2 Å². The van der Waals surface area contributed by atoms with Gasteiger partial charge in [0.15, 0.2) is 0 Å². The van der Waals surface area contributed by atoms with Crippen molar-refractivity contribution in [3.8, 4) is 0 Å². The Morgan fingerprint density at radius 1 is 1.23 bits per heavy atom. The summed E-state index contributed by atoms with van der Waals surface area (Å²) >= 11 is 6.08. The smallest absolute Gasteiger partial charge is 0.246 e. The minimum Gasteiger partial charge on any atom is -0.370 e. The van der Waals surface area contributed by atoms with E-state index in [1.54, 1.807) is 0 Å². The van der Waals surface area contributed by atoms with Gasteiger partial charge in [-0.15, -0.1) is 5.10 Å². The monoisotopic (exact) mass is 318 g/mol. The van der Waals surface area contributed by atoms with Crippen LogP contribution in [0, 0.1) is 13.8 Å². The Balaban J connectivity index is 1.86. The molecule has 2 aromatic rings. The van der Waals surface area contributed by atoms with Crippen LogP contribution < -0.4 is 4.90 Å². The summed E-state index contributed by atoms with van der Waals surface area (Å²) in [5.41, 5.74) is 2.83. The van der Waals surface area contributed by atoms with Gasteiger partial charge in [-0.25, -0.2) is 4.98 Å². The molecule has 1 fully saturated rings. The number of benzene rings is 1. The van der Waals surface area contributed by atoms with Crippen LogP contribution in [0.4, 0.5) is 5.95 Å². The molecule has 0 amide bonds. The van der Waals surface area contributed by atoms with E-state index in [9.17, 15) is 0 Å². The highest BCUT2D eigenvalue weighted by molar-refractivity contribution is 6.30. The third kappa shape index (κ3) is 3.05. The van der Waals surface area contributed by atoms with Gasteiger partial charge in [0.05, 0.1) is 30.6 Å². The van der Waals surface area contributed by atoms with Crippen molar-refractivity contribution >= 4 is 17.5 Å². The average molecular weight is 319 g/mol. The van der Waals surface area contributed by atoms with Crippen molar-refractivity contribution in [1.82, 2.24) is 15.2 Å². The first-order valence-corrected chi connectivity index (χ1v) is 7.74. The number of rotatable bonds is 2. The second-order valence-electron chi connectivity index (χ2n) is 5.66. The summed E-state index contributed by atoms with van der Waals surface area (Å²) in [6.45, 7) is 7.27. The van der Waals surface area contributed by atoms with Gasteiger partial charge in [-0.05, 0) is 38.5 Å². The summed E-state index contributed by atoms with van der Waals surface area (Å²) in [5.74, 6) is 0.658. The van der Waals surface area contributed by atoms with Crippen LogP contribution >= 0.6 is 11.6 Å². The Morgan fingerprint density at radius 2 is 2.05 bits per heavy atom. The minimum absolute atomic E-state index is 0.0416. The fourth-order valence-corrected chi connectivity index (χ4v) is 2.71. The van der Waals surface area contributed by atoms with E-state index in [-0.39, 0.29) is 12.1 Å². The number of aryl methyl sites for hydroxylation is 2. The van der Waals surface area contributed by atoms with E-state index in [4.69, 9.17) is 16.3 Å². The third-order valence-electron chi connectivity index (χ3n) is 3.99. The molecule has 0 saturated carbocycles. The second kappa shape index (κ2) is 6.18. The maximum Gasteiger partial charge on any atom is 0.246 e. The van der Waals surface area contributed by atoms with E-state index in [0.29, 0.717) is 19.1 Å². The predicted octanol–water partition coefficient (Wildman–Crippen LogP) is 3.11. The van der Waals surface area contributed by atoms with Crippen molar-refractivity contribution in [3.63, 3.8) is 0 Å². The van der Waals surface area contributed by atoms with Gasteiger partial charge in [0, 0.05) is 5.02 Å². The highest BCUT2D eigenvalue weighted by Gasteiger charge is 2.29. The minimum atomic E-state index is -0.0416. The van der Waals surface area contributed by atoms with Gasteiger partial charge < -0.3 is 9.64 Å². The number of morpholine rings is 1. The lowest BCUT2D eigenvalue weighted by Gasteiger charge is -2.38. The molecule has 1 saturated heterocycles. The Hall–Kier alpha value is -1.72. The summed E-state index contributed by atoms with van der Waals surface area (Å²) in [6, 6.07) is 7.99. The second-order valence-corrected chi connectivity index (χ2v) is 6.10. The summed E-state index contributed by atoms with van der Waals surface area (Å²) in [4.78, 5) is 6.71. The number of aromatic nitrogens is 3. The molecule has 1 aliphatic heterocycles. The zero-order valence-corrected chi connectivity index (χ0v) is 13.7. The van der Waals surface area contributed by atoms with Crippen LogP contribution in [0.3, 0.4) is 0 Å². The van der Waals surface area contributed by atoms with E-state index in [2.05, 4.69) is 27.0 Å². The van der Waals surface area contributed by atoms with Crippen molar-refractivity contribution in [2.45, 2.75) is 32.9 Å². The molecule has 22 heavy (non-hydrogen) atoms. The van der Waals surface area contributed by atoms with Crippen LogP contribution in [0.1, 0.15) is 30.0 Å². The van der Waals surface area contributed by atoms with Gasteiger partial charge in [-0.1, -0.05) is 23.7 Å². The van der Waals surface area contributed by atoms with Crippen LogP contribution in [0.25, 0.3) is 0 Å². The average Bonchev–Trinajstić information content (AvgIpc) is 2.51. The standard InChI is InChI=1S/C16H19ClN4O/c1-10-9-22-15(13-5-4-6-14(17)7-13)8-21(10)16-18-11(2)12(3)19-20-16/h4-7,10,15H,8-9H2,1-3H3. The first-order valence-electron chi connectivity index (χ1n) is 7.36. The predicted molar refractivity (Wildman–Crippen MR) is 86.3 cm³/mol. The lowest BCUT2D eigenvalue weighted by molar-refractivity contribution is 0.0208. The molecule has 0 radical (unpaired) electrons. The van der Waals surface area contributed by atoms with Gasteiger partial charge >= 0.3 is 0 Å². The molecule has 3 rings (SSSR count). The highest BCUT2D eigenvalue weighted by atomic mass is 35.5. The van der Waals surface area contributed by atoms with Crippen LogP contribution in [-0.2, 0) is 4.74 Å². The molecule has 2 atom stereocenters. The summed E-state index contributed by atoms with van der Waals surface area (Å²) in [6.07, 6.45) is -0.0416. The maximum atomic E-state index is 6.08. The Bertz CT molecular complexity index is 679. The molecule has 1 aliphatic rings. The van der Waals surface area contributed by atoms with Crippen LogP contribution in [0.15, 0.2) is 24.3 Å². The largest absolute Gasteiger partial charge is 0.370 e. The Morgan fingerprint density at radius 3 is 2.77 bits per heavy atom. The van der Waals surface area contributed by atoms with Crippen molar-refractivity contribution in [2.75, 3.05) is 18.1 Å². The fraction of sp³-hybridized carbons (Fsp3) is 0.438. The summed E-state index contributed by atoms with van der Waals surface area (Å²) < 4.78 is 5.96. The van der Waals surface area contributed by atoms with E-state index in [1.165, 1.54) is 0 Å². The molecule has 0 spiro atoms. The van der Waals surface area contributed by atoms with Gasteiger partial charge in [-0.3, -0.25) is 0 Å². The zero-order valence-electron chi connectivity index (χ0n) is 13.0. The maximum absolute atomic E-state index is 6.08. The van der Waals surface area contributed by atoms with E-state index in [0.717, 1.165) is 22.0 Å². The molecule has 0 aliphatic carbocycles. The third-order valence-corrected chi connectivity index (χ3v) is 4.23. The number of hydrogen-bond donors (Lipinski definition) is 0. The SMILES string of the molecule is Cc1nnc(N2CC(c3cccc(Cl)c3)OCC2C)nc1C. The topological polar surface area (TPSA) is 51.1 Å². The Labute approximate surface area is 135 Å². The molecule has 1 aromatic heterocycles. The summed E-state index contributed by atoms with van der Waals surface area (Å²) in [5, 5.41) is 9.14. The van der Waals surface area contributed by atoms with Crippen molar-refractivity contribution in [2.24, 2.45) is 0 Å². The van der Waals surface area contributed by atoms with E-state index in [1.807, 2.05) is 38.1 Å². The number of hydrogen-bond acceptors (Lipinski definition) is 5. The molecule has 0 bridgehead atoms. The quantitative estimate of drug-likeness (QED) is 0.851. The molecule has 2 unspecified atom stereocenters. The molecule has 0 N–H and O–H groups in total. The molecule has 6 heteroatoms. The van der Waals surface area contributed by atoms with Crippen LogP contribution in [-0.4, -0.2) is 34.4 Å². The van der Waals surface area contributed by atoms with Gasteiger partial charge in [0.25, 0.3) is 0 Å². The first-order chi connectivity index (χ1) is 10.5. The fourth-order valence-electron chi connectivity index (χ4n) is 2.51. The van der Waals surface area contributed by atoms with Gasteiger partial charge in [-0.2, -0.15) is 5.10 Å². The highest BCUT2D eigenvalue weighted by Crippen LogP contribution is 2.28. The number of halogens is 1. The number of ether oxygens (including phenoxy) is 1. The zero-order chi connectivity index (χ0) is 15.7. The molecular weight excluding hydrogens is 300 g/mol.